The minimum atomic E-state index is -0.821. The lowest BCUT2D eigenvalue weighted by Crippen LogP contribution is -2.53. The fourth-order valence-electron chi connectivity index (χ4n) is 4.59. The summed E-state index contributed by atoms with van der Waals surface area (Å²) in [5, 5.41) is 11.5. The second-order valence-corrected chi connectivity index (χ2v) is 11.7. The lowest BCUT2D eigenvalue weighted by Gasteiger charge is -2.43. The van der Waals surface area contributed by atoms with E-state index < -0.39 is 35.0 Å². The van der Waals surface area contributed by atoms with E-state index in [2.05, 4.69) is 9.97 Å². The maximum Gasteiger partial charge on any atom is 0.419 e. The van der Waals surface area contributed by atoms with E-state index in [4.69, 9.17) is 21.1 Å². The zero-order valence-electron chi connectivity index (χ0n) is 21.7. The van der Waals surface area contributed by atoms with Crippen molar-refractivity contribution < 1.29 is 24.2 Å². The van der Waals surface area contributed by atoms with Crippen LogP contribution in [0.25, 0.3) is 11.0 Å². The Morgan fingerprint density at radius 2 is 1.66 bits per heavy atom. The van der Waals surface area contributed by atoms with E-state index in [9.17, 15) is 14.7 Å². The number of carbonyl (C=O) groups excluding carboxylic acids is 2. The highest BCUT2D eigenvalue weighted by Gasteiger charge is 2.44. The average Bonchev–Trinajstić information content (AvgIpc) is 3.09. The molecule has 1 fully saturated rings. The number of hydrogen-bond donors (Lipinski definition) is 1. The van der Waals surface area contributed by atoms with Crippen LogP contribution in [0, 0.1) is 0 Å². The second-order valence-electron chi connectivity index (χ2n) is 11.3. The third kappa shape index (κ3) is 6.44. The van der Waals surface area contributed by atoms with Crippen LogP contribution in [0.5, 0.6) is 0 Å². The van der Waals surface area contributed by atoms with Gasteiger partial charge >= 0.3 is 12.2 Å². The largest absolute Gasteiger partial charge is 0.443 e. The number of halogens is 1. The molecule has 2 aromatic heterocycles. The number of amides is 2. The minimum Gasteiger partial charge on any atom is -0.443 e. The van der Waals surface area contributed by atoms with Crippen LogP contribution in [-0.4, -0.2) is 54.5 Å². The summed E-state index contributed by atoms with van der Waals surface area (Å²) in [6.07, 6.45) is 3.36. The van der Waals surface area contributed by atoms with Crippen LogP contribution in [0.1, 0.15) is 92.4 Å². The van der Waals surface area contributed by atoms with Gasteiger partial charge in [0.2, 0.25) is 5.28 Å². The summed E-state index contributed by atoms with van der Waals surface area (Å²) >= 11 is 6.16. The van der Waals surface area contributed by atoms with E-state index in [1.165, 1.54) is 0 Å². The van der Waals surface area contributed by atoms with Crippen LogP contribution in [0.15, 0.2) is 12.3 Å². The molecule has 1 aliphatic rings. The van der Waals surface area contributed by atoms with Crippen molar-refractivity contribution >= 4 is 34.8 Å². The van der Waals surface area contributed by atoms with Gasteiger partial charge in [0.1, 0.15) is 16.8 Å². The summed E-state index contributed by atoms with van der Waals surface area (Å²) in [4.78, 5) is 36.2. The van der Waals surface area contributed by atoms with Gasteiger partial charge in [-0.2, -0.15) is 4.98 Å². The highest BCUT2D eigenvalue weighted by Crippen LogP contribution is 2.41. The van der Waals surface area contributed by atoms with Crippen LogP contribution < -0.4 is 0 Å². The number of imide groups is 1. The quantitative estimate of drug-likeness (QED) is 0.507. The van der Waals surface area contributed by atoms with Gasteiger partial charge in [-0.15, -0.1) is 0 Å². The van der Waals surface area contributed by atoms with Crippen LogP contribution in [0.2, 0.25) is 5.28 Å². The molecule has 3 rings (SSSR count). The monoisotopic (exact) mass is 508 g/mol. The van der Waals surface area contributed by atoms with Gasteiger partial charge in [0, 0.05) is 17.3 Å². The van der Waals surface area contributed by atoms with Crippen molar-refractivity contribution in [1.82, 2.24) is 19.4 Å². The smallest absolute Gasteiger partial charge is 0.419 e. The van der Waals surface area contributed by atoms with E-state index in [0.29, 0.717) is 24.2 Å². The molecule has 1 atom stereocenters. The molecule has 2 amide bonds. The molecule has 0 radical (unpaired) electrons. The Balaban J connectivity index is 2.17. The molecule has 1 aliphatic carbocycles. The van der Waals surface area contributed by atoms with Gasteiger partial charge in [0.25, 0.3) is 0 Å². The molecule has 0 aliphatic heterocycles. The number of hydrogen-bond acceptors (Lipinski definition) is 7. The van der Waals surface area contributed by atoms with Crippen molar-refractivity contribution in [3.8, 4) is 0 Å². The Bertz CT molecular complexity index is 1050. The third-order valence-electron chi connectivity index (χ3n) is 5.91. The Labute approximate surface area is 211 Å². The zero-order valence-corrected chi connectivity index (χ0v) is 22.5. The van der Waals surface area contributed by atoms with E-state index in [1.807, 2.05) is 10.6 Å². The van der Waals surface area contributed by atoms with Gasteiger partial charge < -0.3 is 19.1 Å². The molecular formula is C25H37ClN4O5. The summed E-state index contributed by atoms with van der Waals surface area (Å²) in [5.74, 6) is 0. The van der Waals surface area contributed by atoms with Crippen molar-refractivity contribution in [3.63, 3.8) is 0 Å². The summed E-state index contributed by atoms with van der Waals surface area (Å²) < 4.78 is 13.2. The number of rotatable bonds is 4. The molecule has 1 saturated carbocycles. The molecule has 0 spiro atoms. The normalized spacial score (nSPS) is 17.2. The zero-order chi connectivity index (χ0) is 26.2. The minimum absolute atomic E-state index is 0.00193. The lowest BCUT2D eigenvalue weighted by molar-refractivity contribution is -0.00966. The van der Waals surface area contributed by atoms with Crippen molar-refractivity contribution in [2.45, 2.75) is 103 Å². The van der Waals surface area contributed by atoms with Crippen LogP contribution in [0.3, 0.4) is 0 Å². The summed E-state index contributed by atoms with van der Waals surface area (Å²) in [5.41, 5.74) is -1.17. The van der Waals surface area contributed by atoms with Gasteiger partial charge in [0.15, 0.2) is 0 Å². The molecule has 35 heavy (non-hydrogen) atoms. The summed E-state index contributed by atoms with van der Waals surface area (Å²) in [6, 6.07) is 1.83. The number of fused-ring (bicyclic) bond motifs is 1. The fraction of sp³-hybridized carbons (Fsp3) is 0.680. The maximum atomic E-state index is 13.3. The number of aliphatic hydroxyl groups excluding tert-OH is 1. The SMILES string of the molecule is CC(O)c1cc2cnc(Cl)nc2n1C1(CN(C(=O)OC(C)(C)C)C(=O)OC(C)(C)C)CCCCC1. The van der Waals surface area contributed by atoms with Gasteiger partial charge in [-0.3, -0.25) is 0 Å². The first kappa shape index (κ1) is 27.2. The fourth-order valence-corrected chi connectivity index (χ4v) is 4.72. The van der Waals surface area contributed by atoms with Crippen molar-refractivity contribution in [2.24, 2.45) is 0 Å². The predicted octanol–water partition coefficient (Wildman–Crippen LogP) is 5.97. The van der Waals surface area contributed by atoms with Crippen LogP contribution >= 0.6 is 11.6 Å². The number of nitrogens with zero attached hydrogens (tertiary/aromatic N) is 4. The topological polar surface area (TPSA) is 107 Å². The Kier molecular flexibility index (Phi) is 7.72. The molecule has 10 heteroatoms. The number of ether oxygens (including phenoxy) is 2. The molecule has 1 N–H and O–H groups in total. The first-order valence-corrected chi connectivity index (χ1v) is 12.5. The Morgan fingerprint density at radius 3 is 2.14 bits per heavy atom. The van der Waals surface area contributed by atoms with Crippen molar-refractivity contribution in [2.75, 3.05) is 6.54 Å². The van der Waals surface area contributed by atoms with Crippen molar-refractivity contribution in [1.29, 1.82) is 0 Å². The molecule has 9 nitrogen and oxygen atoms in total. The molecule has 0 aromatic carbocycles. The third-order valence-corrected chi connectivity index (χ3v) is 6.09. The van der Waals surface area contributed by atoms with Crippen LogP contribution in [-0.2, 0) is 15.0 Å². The van der Waals surface area contributed by atoms with Gasteiger partial charge in [-0.05, 0) is 79.0 Å². The number of aliphatic hydroxyl groups is 1. The van der Waals surface area contributed by atoms with Crippen LogP contribution in [0.4, 0.5) is 9.59 Å². The lowest BCUT2D eigenvalue weighted by atomic mass is 9.80. The number of aromatic nitrogens is 3. The van der Waals surface area contributed by atoms with E-state index >= 15 is 0 Å². The maximum absolute atomic E-state index is 13.3. The van der Waals surface area contributed by atoms with Gasteiger partial charge in [-0.25, -0.2) is 19.5 Å². The molecule has 2 aromatic rings. The molecule has 194 valence electrons. The molecule has 0 saturated heterocycles. The van der Waals surface area contributed by atoms with Gasteiger partial charge in [-0.1, -0.05) is 19.3 Å². The highest BCUT2D eigenvalue weighted by atomic mass is 35.5. The van der Waals surface area contributed by atoms with Crippen molar-refractivity contribution in [3.05, 3.63) is 23.2 Å². The van der Waals surface area contributed by atoms with E-state index in [0.717, 1.165) is 29.5 Å². The first-order valence-electron chi connectivity index (χ1n) is 12.1. The molecular weight excluding hydrogens is 472 g/mol. The summed E-state index contributed by atoms with van der Waals surface area (Å²) in [6.45, 7) is 12.2. The highest BCUT2D eigenvalue weighted by molar-refractivity contribution is 6.28. The Morgan fingerprint density at radius 1 is 1.11 bits per heavy atom. The van der Waals surface area contributed by atoms with Gasteiger partial charge in [0.05, 0.1) is 18.2 Å². The Hall–Kier alpha value is -2.39. The van der Waals surface area contributed by atoms with E-state index in [1.54, 1.807) is 54.7 Å². The summed E-state index contributed by atoms with van der Waals surface area (Å²) in [7, 11) is 0. The standard InChI is InChI=1S/C25H37ClN4O5/c1-16(31)18-13-17-14-27-20(26)28-19(17)30(18)25(11-9-8-10-12-25)15-29(21(32)34-23(2,3)4)22(33)35-24(5,6)7/h13-14,16,31H,8-12,15H2,1-7H3. The first-order chi connectivity index (χ1) is 16.1. The molecule has 0 bridgehead atoms. The molecule has 1 unspecified atom stereocenters. The molecule has 2 heterocycles. The second kappa shape index (κ2) is 9.93. The van der Waals surface area contributed by atoms with E-state index in [-0.39, 0.29) is 11.8 Å². The number of carbonyl (C=O) groups is 2. The average molecular weight is 509 g/mol. The predicted molar refractivity (Wildman–Crippen MR) is 133 cm³/mol.